The standard InChI is InChI=1S/C6H10O2S2/c1-3-8-6(10)4(2)5(7)9/h4H,3H2,1-2H3,(H,7,9). The van der Waals surface area contributed by atoms with Crippen LogP contribution in [0.5, 0.6) is 0 Å². The fraction of sp³-hybridized carbons (Fsp3) is 0.667. The first-order chi connectivity index (χ1) is 4.59. The van der Waals surface area contributed by atoms with E-state index in [4.69, 9.17) is 17.0 Å². The molecule has 0 aliphatic carbocycles. The first kappa shape index (κ1) is 9.91. The van der Waals surface area contributed by atoms with Crippen LogP contribution in [0.4, 0.5) is 0 Å². The van der Waals surface area contributed by atoms with Crippen molar-refractivity contribution in [3.8, 4) is 0 Å². The van der Waals surface area contributed by atoms with Gasteiger partial charge in [0, 0.05) is 0 Å². The van der Waals surface area contributed by atoms with Crippen molar-refractivity contribution in [2.24, 2.45) is 5.92 Å². The number of carbonyl (C=O) groups excluding carboxylic acids is 1. The summed E-state index contributed by atoms with van der Waals surface area (Å²) < 4.78 is 4.93. The number of hydrogen-bond acceptors (Lipinski definition) is 3. The van der Waals surface area contributed by atoms with E-state index in [0.717, 1.165) is 0 Å². The lowest BCUT2D eigenvalue weighted by Crippen LogP contribution is -2.17. The summed E-state index contributed by atoms with van der Waals surface area (Å²) in [5.74, 6) is -0.377. The average Bonchev–Trinajstić information content (AvgIpc) is 1.87. The molecule has 0 spiro atoms. The van der Waals surface area contributed by atoms with E-state index in [2.05, 4.69) is 12.6 Å². The lowest BCUT2D eigenvalue weighted by molar-refractivity contribution is -0.112. The van der Waals surface area contributed by atoms with Crippen LogP contribution in [0.15, 0.2) is 0 Å². The maximum absolute atomic E-state index is 10.6. The zero-order chi connectivity index (χ0) is 8.15. The molecule has 0 fully saturated rings. The van der Waals surface area contributed by atoms with Gasteiger partial charge in [-0.2, -0.15) is 0 Å². The van der Waals surface area contributed by atoms with Crippen molar-refractivity contribution in [3.63, 3.8) is 0 Å². The summed E-state index contributed by atoms with van der Waals surface area (Å²) in [4.78, 5) is 10.6. The van der Waals surface area contributed by atoms with Gasteiger partial charge in [-0.05, 0) is 26.1 Å². The topological polar surface area (TPSA) is 26.3 Å². The maximum atomic E-state index is 10.6. The van der Waals surface area contributed by atoms with Crippen LogP contribution in [0.3, 0.4) is 0 Å². The summed E-state index contributed by atoms with van der Waals surface area (Å²) in [6, 6.07) is 0. The smallest absolute Gasteiger partial charge is 0.197 e. The van der Waals surface area contributed by atoms with E-state index in [9.17, 15) is 4.79 Å². The molecule has 0 amide bonds. The van der Waals surface area contributed by atoms with Crippen molar-refractivity contribution >= 4 is 35.0 Å². The summed E-state index contributed by atoms with van der Waals surface area (Å²) in [5, 5.41) is 0.0703. The van der Waals surface area contributed by atoms with Crippen LogP contribution in [0.2, 0.25) is 0 Å². The van der Waals surface area contributed by atoms with Gasteiger partial charge in [0.05, 0.1) is 12.5 Å². The zero-order valence-corrected chi connectivity index (χ0v) is 7.67. The highest BCUT2D eigenvalue weighted by Crippen LogP contribution is 2.04. The molecule has 0 aromatic carbocycles. The Labute approximate surface area is 71.4 Å². The minimum absolute atomic E-state index is 0.251. The highest BCUT2D eigenvalue weighted by Gasteiger charge is 2.14. The first-order valence-electron chi connectivity index (χ1n) is 2.99. The molecular weight excluding hydrogens is 168 g/mol. The van der Waals surface area contributed by atoms with Gasteiger partial charge in [0.25, 0.3) is 0 Å². The van der Waals surface area contributed by atoms with Gasteiger partial charge in [0.2, 0.25) is 0 Å². The van der Waals surface area contributed by atoms with Crippen molar-refractivity contribution in [1.82, 2.24) is 0 Å². The zero-order valence-electron chi connectivity index (χ0n) is 5.96. The number of thiocarbonyl (C=S) groups is 1. The highest BCUT2D eigenvalue weighted by molar-refractivity contribution is 7.96. The molecule has 0 aliphatic heterocycles. The van der Waals surface area contributed by atoms with E-state index in [0.29, 0.717) is 11.7 Å². The molecule has 0 N–H and O–H groups in total. The third-order valence-corrected chi connectivity index (χ3v) is 1.87. The second kappa shape index (κ2) is 4.68. The molecule has 0 heterocycles. The molecule has 0 radical (unpaired) electrons. The second-order valence-corrected chi connectivity index (χ2v) is 2.66. The van der Waals surface area contributed by atoms with Crippen molar-refractivity contribution < 1.29 is 9.53 Å². The van der Waals surface area contributed by atoms with E-state index in [-0.39, 0.29) is 11.0 Å². The van der Waals surface area contributed by atoms with Gasteiger partial charge in [0.1, 0.15) is 0 Å². The van der Waals surface area contributed by atoms with E-state index < -0.39 is 0 Å². The molecule has 0 rings (SSSR count). The summed E-state index contributed by atoms with van der Waals surface area (Å²) in [6.45, 7) is 4.00. The van der Waals surface area contributed by atoms with Gasteiger partial charge in [0.15, 0.2) is 10.2 Å². The van der Waals surface area contributed by atoms with Crippen LogP contribution in [-0.2, 0) is 9.53 Å². The van der Waals surface area contributed by atoms with E-state index in [1.54, 1.807) is 6.92 Å². The maximum Gasteiger partial charge on any atom is 0.197 e. The van der Waals surface area contributed by atoms with Gasteiger partial charge < -0.3 is 4.74 Å². The van der Waals surface area contributed by atoms with Crippen LogP contribution in [0.1, 0.15) is 13.8 Å². The van der Waals surface area contributed by atoms with Crippen molar-refractivity contribution in [2.45, 2.75) is 13.8 Å². The monoisotopic (exact) mass is 178 g/mol. The Bertz CT molecular complexity index is 145. The lowest BCUT2D eigenvalue weighted by Gasteiger charge is -2.08. The minimum Gasteiger partial charge on any atom is -0.487 e. The number of ether oxygens (including phenoxy) is 1. The first-order valence-corrected chi connectivity index (χ1v) is 3.84. The summed E-state index contributed by atoms with van der Waals surface area (Å²) in [5.41, 5.74) is 0. The van der Waals surface area contributed by atoms with Gasteiger partial charge >= 0.3 is 0 Å². The quantitative estimate of drug-likeness (QED) is 0.523. The molecule has 0 saturated carbocycles. The van der Waals surface area contributed by atoms with Crippen LogP contribution in [-0.4, -0.2) is 16.8 Å². The second-order valence-electron chi connectivity index (χ2n) is 1.81. The molecule has 0 aromatic rings. The molecular formula is C6H10O2S2. The van der Waals surface area contributed by atoms with Crippen molar-refractivity contribution in [3.05, 3.63) is 0 Å². The minimum atomic E-state index is -0.377. The van der Waals surface area contributed by atoms with E-state index >= 15 is 0 Å². The number of rotatable bonds is 3. The van der Waals surface area contributed by atoms with Gasteiger partial charge in [-0.15, -0.1) is 12.6 Å². The summed E-state index contributed by atoms with van der Waals surface area (Å²) in [7, 11) is 0. The molecule has 1 unspecified atom stereocenters. The van der Waals surface area contributed by atoms with Crippen LogP contribution >= 0.6 is 24.8 Å². The number of hydrogen-bond donors (Lipinski definition) is 1. The predicted molar refractivity (Wildman–Crippen MR) is 47.4 cm³/mol. The number of thiol groups is 1. The number of carbonyl (C=O) groups is 1. The molecule has 0 aliphatic rings. The molecule has 58 valence electrons. The highest BCUT2D eigenvalue weighted by atomic mass is 32.1. The molecule has 2 nitrogen and oxygen atoms in total. The Morgan fingerprint density at radius 2 is 2.30 bits per heavy atom. The average molecular weight is 178 g/mol. The third kappa shape index (κ3) is 3.17. The fourth-order valence-electron chi connectivity index (χ4n) is 0.368. The summed E-state index contributed by atoms with van der Waals surface area (Å²) in [6.07, 6.45) is 0. The Morgan fingerprint density at radius 1 is 1.80 bits per heavy atom. The Kier molecular flexibility index (Phi) is 4.64. The van der Waals surface area contributed by atoms with E-state index in [1.807, 2.05) is 6.92 Å². The Hall–Kier alpha value is -0.0900. The van der Waals surface area contributed by atoms with E-state index in [1.165, 1.54) is 0 Å². The normalized spacial score (nSPS) is 12.3. The van der Waals surface area contributed by atoms with Crippen LogP contribution in [0.25, 0.3) is 0 Å². The lowest BCUT2D eigenvalue weighted by atomic mass is 10.2. The Morgan fingerprint density at radius 3 is 2.60 bits per heavy atom. The molecule has 4 heteroatoms. The van der Waals surface area contributed by atoms with Crippen LogP contribution < -0.4 is 0 Å². The van der Waals surface area contributed by atoms with Crippen molar-refractivity contribution in [1.29, 1.82) is 0 Å². The van der Waals surface area contributed by atoms with Crippen molar-refractivity contribution in [2.75, 3.05) is 6.61 Å². The van der Waals surface area contributed by atoms with Gasteiger partial charge in [-0.25, -0.2) is 0 Å². The molecule has 1 atom stereocenters. The third-order valence-electron chi connectivity index (χ3n) is 1.01. The molecule has 0 saturated heterocycles. The largest absolute Gasteiger partial charge is 0.487 e. The molecule has 10 heavy (non-hydrogen) atoms. The van der Waals surface area contributed by atoms with Crippen LogP contribution in [0, 0.1) is 5.92 Å². The fourth-order valence-corrected chi connectivity index (χ4v) is 0.798. The predicted octanol–water partition coefficient (Wildman–Crippen LogP) is 1.44. The van der Waals surface area contributed by atoms with Gasteiger partial charge in [-0.1, -0.05) is 0 Å². The SMILES string of the molecule is CCOC(=S)C(C)C(=O)S. The summed E-state index contributed by atoms with van der Waals surface area (Å²) >= 11 is 8.38. The molecule has 0 aromatic heterocycles. The van der Waals surface area contributed by atoms with Gasteiger partial charge in [-0.3, -0.25) is 4.79 Å². The molecule has 0 bridgehead atoms. The Balaban J connectivity index is 3.82.